The minimum Gasteiger partial charge on any atom is -0.471 e. The topological polar surface area (TPSA) is 66.2 Å². The monoisotopic (exact) mass is 245 g/mol. The van der Waals surface area contributed by atoms with Gasteiger partial charge < -0.3 is 9.64 Å². The van der Waals surface area contributed by atoms with Crippen LogP contribution in [0.1, 0.15) is 19.4 Å². The van der Waals surface area contributed by atoms with Crippen LogP contribution in [0.2, 0.25) is 0 Å². The first kappa shape index (κ1) is 12.4. The maximum atomic E-state index is 11.6. The Labute approximate surface area is 106 Å². The SMILES string of the molecule is CC(C)C(=O)N1CC(Oc2ccc(C#N)cn2)C1. The first-order valence-electron chi connectivity index (χ1n) is 5.91. The lowest BCUT2D eigenvalue weighted by Crippen LogP contribution is -2.57. The van der Waals surface area contributed by atoms with Crippen molar-refractivity contribution in [3.8, 4) is 11.9 Å². The Morgan fingerprint density at radius 2 is 2.28 bits per heavy atom. The number of pyridine rings is 1. The van der Waals surface area contributed by atoms with Crippen molar-refractivity contribution >= 4 is 5.91 Å². The number of amides is 1. The number of hydrogen-bond donors (Lipinski definition) is 0. The smallest absolute Gasteiger partial charge is 0.225 e. The molecule has 94 valence electrons. The van der Waals surface area contributed by atoms with Crippen molar-refractivity contribution in [2.75, 3.05) is 13.1 Å². The Kier molecular flexibility index (Phi) is 3.47. The summed E-state index contributed by atoms with van der Waals surface area (Å²) in [6.45, 7) is 4.99. The fraction of sp³-hybridized carbons (Fsp3) is 0.462. The van der Waals surface area contributed by atoms with Crippen molar-refractivity contribution in [3.63, 3.8) is 0 Å². The number of nitrogens with zero attached hydrogens (tertiary/aromatic N) is 3. The van der Waals surface area contributed by atoms with E-state index in [1.165, 1.54) is 6.20 Å². The Morgan fingerprint density at radius 1 is 1.56 bits per heavy atom. The predicted molar refractivity (Wildman–Crippen MR) is 64.8 cm³/mol. The number of hydrogen-bond acceptors (Lipinski definition) is 4. The Bertz CT molecular complexity index is 470. The van der Waals surface area contributed by atoms with Gasteiger partial charge in [-0.05, 0) is 6.07 Å². The molecule has 5 heteroatoms. The van der Waals surface area contributed by atoms with Crippen molar-refractivity contribution in [1.29, 1.82) is 5.26 Å². The highest BCUT2D eigenvalue weighted by molar-refractivity contribution is 5.79. The third-order valence-electron chi connectivity index (χ3n) is 2.81. The minimum absolute atomic E-state index is 0.00753. The normalized spacial score (nSPS) is 15.1. The molecule has 1 saturated heterocycles. The number of nitriles is 1. The predicted octanol–water partition coefficient (Wildman–Crippen LogP) is 1.20. The van der Waals surface area contributed by atoms with Gasteiger partial charge in [-0.3, -0.25) is 4.79 Å². The van der Waals surface area contributed by atoms with Crippen LogP contribution in [0.4, 0.5) is 0 Å². The molecule has 0 aromatic carbocycles. The summed E-state index contributed by atoms with van der Waals surface area (Å²) in [5.41, 5.74) is 0.507. The third kappa shape index (κ3) is 2.59. The summed E-state index contributed by atoms with van der Waals surface area (Å²) < 4.78 is 5.60. The molecule has 1 aliphatic rings. The fourth-order valence-corrected chi connectivity index (χ4v) is 1.74. The minimum atomic E-state index is 0.00753. The van der Waals surface area contributed by atoms with Crippen LogP contribution in [0, 0.1) is 17.2 Å². The second kappa shape index (κ2) is 5.05. The Morgan fingerprint density at radius 3 is 2.78 bits per heavy atom. The van der Waals surface area contributed by atoms with E-state index in [9.17, 15) is 4.79 Å². The van der Waals surface area contributed by atoms with E-state index < -0.39 is 0 Å². The highest BCUT2D eigenvalue weighted by Gasteiger charge is 2.33. The lowest BCUT2D eigenvalue weighted by molar-refractivity contribution is -0.143. The molecule has 0 N–H and O–H groups in total. The molecule has 0 spiro atoms. The molecule has 0 unspecified atom stereocenters. The first-order chi connectivity index (χ1) is 8.60. The van der Waals surface area contributed by atoms with E-state index in [2.05, 4.69) is 4.98 Å². The van der Waals surface area contributed by atoms with Crippen molar-refractivity contribution in [2.45, 2.75) is 20.0 Å². The molecule has 1 fully saturated rings. The van der Waals surface area contributed by atoms with Crippen LogP contribution in [0.5, 0.6) is 5.88 Å². The van der Waals surface area contributed by atoms with Gasteiger partial charge in [0.15, 0.2) is 0 Å². The zero-order chi connectivity index (χ0) is 13.1. The van der Waals surface area contributed by atoms with Gasteiger partial charge >= 0.3 is 0 Å². The number of ether oxygens (including phenoxy) is 1. The van der Waals surface area contributed by atoms with Crippen LogP contribution in [-0.2, 0) is 4.79 Å². The van der Waals surface area contributed by atoms with Gasteiger partial charge in [0.2, 0.25) is 11.8 Å². The largest absolute Gasteiger partial charge is 0.471 e. The highest BCUT2D eigenvalue weighted by Crippen LogP contribution is 2.18. The van der Waals surface area contributed by atoms with Gasteiger partial charge in [-0.1, -0.05) is 13.8 Å². The average Bonchev–Trinajstić information content (AvgIpc) is 2.33. The van der Waals surface area contributed by atoms with E-state index >= 15 is 0 Å². The number of likely N-dealkylation sites (tertiary alicyclic amines) is 1. The summed E-state index contributed by atoms with van der Waals surface area (Å²) in [5.74, 6) is 0.678. The van der Waals surface area contributed by atoms with Crippen LogP contribution in [0.25, 0.3) is 0 Å². The quantitative estimate of drug-likeness (QED) is 0.802. The summed E-state index contributed by atoms with van der Waals surface area (Å²) >= 11 is 0. The van der Waals surface area contributed by atoms with Crippen molar-refractivity contribution < 1.29 is 9.53 Å². The average molecular weight is 245 g/mol. The van der Waals surface area contributed by atoms with Crippen LogP contribution in [0.3, 0.4) is 0 Å². The van der Waals surface area contributed by atoms with Crippen LogP contribution in [-0.4, -0.2) is 35.0 Å². The molecule has 5 nitrogen and oxygen atoms in total. The molecule has 2 heterocycles. The highest BCUT2D eigenvalue weighted by atomic mass is 16.5. The van der Waals surface area contributed by atoms with E-state index in [1.807, 2.05) is 19.9 Å². The molecule has 0 aliphatic carbocycles. The van der Waals surface area contributed by atoms with Gasteiger partial charge in [0.05, 0.1) is 18.7 Å². The number of rotatable bonds is 3. The molecular weight excluding hydrogens is 230 g/mol. The molecular formula is C13H15N3O2. The second-order valence-corrected chi connectivity index (χ2v) is 4.63. The van der Waals surface area contributed by atoms with E-state index in [0.29, 0.717) is 24.5 Å². The van der Waals surface area contributed by atoms with Gasteiger partial charge in [0.25, 0.3) is 0 Å². The van der Waals surface area contributed by atoms with Crippen LogP contribution >= 0.6 is 0 Å². The zero-order valence-electron chi connectivity index (χ0n) is 10.5. The van der Waals surface area contributed by atoms with Gasteiger partial charge in [-0.2, -0.15) is 5.26 Å². The standard InChI is InChI=1S/C13H15N3O2/c1-9(2)13(17)16-7-11(8-16)18-12-4-3-10(5-14)6-15-12/h3-4,6,9,11H,7-8H2,1-2H3. The Balaban J connectivity index is 1.83. The number of carbonyl (C=O) groups excluding carboxylic acids is 1. The van der Waals surface area contributed by atoms with Crippen LogP contribution in [0.15, 0.2) is 18.3 Å². The molecule has 2 rings (SSSR count). The Hall–Kier alpha value is -2.09. The van der Waals surface area contributed by atoms with Crippen molar-refractivity contribution in [2.24, 2.45) is 5.92 Å². The van der Waals surface area contributed by atoms with Gasteiger partial charge in [-0.25, -0.2) is 4.98 Å². The maximum absolute atomic E-state index is 11.6. The van der Waals surface area contributed by atoms with E-state index in [-0.39, 0.29) is 17.9 Å². The lowest BCUT2D eigenvalue weighted by Gasteiger charge is -2.39. The third-order valence-corrected chi connectivity index (χ3v) is 2.81. The van der Waals surface area contributed by atoms with E-state index in [4.69, 9.17) is 10.00 Å². The summed E-state index contributed by atoms with van der Waals surface area (Å²) in [7, 11) is 0. The molecule has 1 aromatic rings. The van der Waals surface area contributed by atoms with E-state index in [0.717, 1.165) is 0 Å². The summed E-state index contributed by atoms with van der Waals surface area (Å²) in [5, 5.41) is 8.64. The molecule has 18 heavy (non-hydrogen) atoms. The molecule has 0 bridgehead atoms. The molecule has 1 aromatic heterocycles. The maximum Gasteiger partial charge on any atom is 0.225 e. The van der Waals surface area contributed by atoms with E-state index in [1.54, 1.807) is 17.0 Å². The zero-order valence-corrected chi connectivity index (χ0v) is 10.5. The van der Waals surface area contributed by atoms with Crippen LogP contribution < -0.4 is 4.74 Å². The van der Waals surface area contributed by atoms with Crippen molar-refractivity contribution in [3.05, 3.63) is 23.9 Å². The fourth-order valence-electron chi connectivity index (χ4n) is 1.74. The molecule has 1 aliphatic heterocycles. The molecule has 0 saturated carbocycles. The molecule has 0 atom stereocenters. The number of carbonyl (C=O) groups is 1. The summed E-state index contributed by atoms with van der Waals surface area (Å²) in [6.07, 6.45) is 1.48. The van der Waals surface area contributed by atoms with Gasteiger partial charge in [0, 0.05) is 18.2 Å². The second-order valence-electron chi connectivity index (χ2n) is 4.63. The molecule has 0 radical (unpaired) electrons. The van der Waals surface area contributed by atoms with Gasteiger partial charge in [0.1, 0.15) is 12.2 Å². The number of aromatic nitrogens is 1. The lowest BCUT2D eigenvalue weighted by atomic mass is 10.1. The first-order valence-corrected chi connectivity index (χ1v) is 5.91. The van der Waals surface area contributed by atoms with Crippen molar-refractivity contribution in [1.82, 2.24) is 9.88 Å². The summed E-state index contributed by atoms with van der Waals surface area (Å²) in [6, 6.07) is 5.34. The summed E-state index contributed by atoms with van der Waals surface area (Å²) in [4.78, 5) is 17.4. The molecule has 1 amide bonds. The van der Waals surface area contributed by atoms with Gasteiger partial charge in [-0.15, -0.1) is 0 Å².